The highest BCUT2D eigenvalue weighted by molar-refractivity contribution is 8.35. The lowest BCUT2D eigenvalue weighted by Crippen LogP contribution is -2.27. The average molecular weight is 281 g/mol. The fraction of sp³-hybridized carbons (Fsp3) is 0.833. The Balaban J connectivity index is 5.05. The molecule has 0 aromatic carbocycles. The van der Waals surface area contributed by atoms with Crippen LogP contribution in [0.3, 0.4) is 0 Å². The minimum absolute atomic E-state index is 0.0245. The number of nitrogens with zero attached hydrogens (tertiary/aromatic N) is 1. The highest BCUT2D eigenvalue weighted by atomic mass is 32.3. The van der Waals surface area contributed by atoms with Gasteiger partial charge >= 0.3 is 0 Å². The van der Waals surface area contributed by atoms with Crippen molar-refractivity contribution in [2.45, 2.75) is 38.9 Å². The zero-order chi connectivity index (χ0) is 13.9. The van der Waals surface area contributed by atoms with E-state index in [0.29, 0.717) is 5.75 Å². The number of allylic oxidation sites excluding steroid dienone is 1. The molecule has 0 rings (SSSR count). The van der Waals surface area contributed by atoms with Gasteiger partial charge in [0.2, 0.25) is 0 Å². The second-order valence-electron chi connectivity index (χ2n) is 5.95. The summed E-state index contributed by atoms with van der Waals surface area (Å²) in [5.41, 5.74) is 0. The van der Waals surface area contributed by atoms with Gasteiger partial charge < -0.3 is 0 Å². The van der Waals surface area contributed by atoms with Crippen LogP contribution in [-0.2, 0) is 9.92 Å². The van der Waals surface area contributed by atoms with Crippen molar-refractivity contribution in [2.75, 3.05) is 18.3 Å². The first kappa shape index (κ1) is 17.0. The largest absolute Gasteiger partial charge is 0.244 e. The summed E-state index contributed by atoms with van der Waals surface area (Å²) in [4.78, 5) is 0. The fourth-order valence-corrected chi connectivity index (χ4v) is 5.83. The third-order valence-electron chi connectivity index (χ3n) is 2.90. The maximum Gasteiger partial charge on any atom is 0.114 e. The van der Waals surface area contributed by atoms with E-state index >= 15 is 0 Å². The Labute approximate surface area is 109 Å². The first-order valence-electron chi connectivity index (χ1n) is 5.79. The van der Waals surface area contributed by atoms with Crippen molar-refractivity contribution in [3.63, 3.8) is 0 Å². The molecule has 0 spiro atoms. The van der Waals surface area contributed by atoms with Crippen molar-refractivity contribution in [3.05, 3.63) is 12.7 Å². The second-order valence-corrected chi connectivity index (χ2v) is 12.0. The van der Waals surface area contributed by atoms with Crippen LogP contribution >= 0.6 is 10.2 Å². The minimum Gasteiger partial charge on any atom is -0.244 e. The zero-order valence-corrected chi connectivity index (χ0v) is 13.7. The Hall–Kier alpha value is -0.000000000000000111. The maximum absolute atomic E-state index is 12.3. The summed E-state index contributed by atoms with van der Waals surface area (Å²) in [5.74, 6) is 0.717. The molecule has 2 N–H and O–H groups in total. The predicted molar refractivity (Wildman–Crippen MR) is 82.8 cm³/mol. The molecule has 3 nitrogen and oxygen atoms in total. The molecule has 0 aliphatic heterocycles. The zero-order valence-electron chi connectivity index (χ0n) is 12.0. The molecule has 0 aliphatic carbocycles. The van der Waals surface area contributed by atoms with Crippen LogP contribution < -0.4 is 5.14 Å². The van der Waals surface area contributed by atoms with Crippen LogP contribution in [0.1, 0.15) is 34.1 Å². The van der Waals surface area contributed by atoms with Gasteiger partial charge in [0.25, 0.3) is 0 Å². The van der Waals surface area contributed by atoms with Gasteiger partial charge in [0.15, 0.2) is 0 Å². The molecule has 17 heavy (non-hydrogen) atoms. The quantitative estimate of drug-likeness (QED) is 0.772. The van der Waals surface area contributed by atoms with Gasteiger partial charge in [-0.05, 0) is 24.9 Å². The molecule has 0 aliphatic rings. The normalized spacial score (nSPS) is 19.2. The minimum atomic E-state index is -2.58. The van der Waals surface area contributed by atoms with E-state index in [0.717, 1.165) is 6.42 Å². The topological polar surface area (TPSA) is 55.5 Å². The van der Waals surface area contributed by atoms with Crippen molar-refractivity contribution < 1.29 is 4.21 Å². The van der Waals surface area contributed by atoms with Gasteiger partial charge in [-0.25, -0.2) is 9.35 Å². The fourth-order valence-electron chi connectivity index (χ4n) is 1.22. The molecule has 2 atom stereocenters. The van der Waals surface area contributed by atoms with Crippen molar-refractivity contribution in [2.24, 2.45) is 14.8 Å². The highest BCUT2D eigenvalue weighted by Gasteiger charge is 2.29. The number of hydrogen-bond acceptors (Lipinski definition) is 2. The van der Waals surface area contributed by atoms with E-state index in [1.165, 1.54) is 0 Å². The molecule has 5 heteroatoms. The lowest BCUT2D eigenvalue weighted by Gasteiger charge is -2.40. The van der Waals surface area contributed by atoms with Gasteiger partial charge in [-0.3, -0.25) is 0 Å². The Kier molecular flexibility index (Phi) is 5.76. The number of hydrogen-bond donors (Lipinski definition) is 1. The average Bonchev–Trinajstić information content (AvgIpc) is 1.97. The molecule has 0 saturated carbocycles. The van der Waals surface area contributed by atoms with E-state index in [9.17, 15) is 4.21 Å². The van der Waals surface area contributed by atoms with Crippen LogP contribution in [0.15, 0.2) is 16.4 Å². The molecule has 0 aromatic rings. The van der Waals surface area contributed by atoms with Gasteiger partial charge in [0, 0.05) is 10.5 Å². The smallest absolute Gasteiger partial charge is 0.114 e. The molecular formula is C12H28N2OS2. The maximum atomic E-state index is 12.3. The van der Waals surface area contributed by atoms with Crippen LogP contribution in [-0.4, -0.2) is 27.2 Å². The standard InChI is InChI=1S/C12H28N2OS2/c1-8-9-11(2)10-17(13,15)14-16(6,7)12(3,4)5/h8,11H,1,9-10H2,2-7H3,(H2,13,14,15)/t11-,17?/m0/s1. The van der Waals surface area contributed by atoms with E-state index in [2.05, 4.69) is 43.6 Å². The summed E-state index contributed by atoms with van der Waals surface area (Å²) >= 11 is 0. The third kappa shape index (κ3) is 5.93. The molecule has 1 unspecified atom stereocenters. The van der Waals surface area contributed by atoms with Crippen LogP contribution in [0.4, 0.5) is 0 Å². The molecule has 104 valence electrons. The Morgan fingerprint density at radius 3 is 2.24 bits per heavy atom. The van der Waals surface area contributed by atoms with Crippen molar-refractivity contribution >= 4 is 20.1 Å². The van der Waals surface area contributed by atoms with Gasteiger partial charge in [-0.15, -0.1) is 16.8 Å². The SMILES string of the molecule is C=CC[C@H](C)CS(N)(=O)=NS(C)(C)C(C)(C)C. The van der Waals surface area contributed by atoms with E-state index in [1.54, 1.807) is 0 Å². The predicted octanol–water partition coefficient (Wildman–Crippen LogP) is 3.32. The van der Waals surface area contributed by atoms with Gasteiger partial charge in [0.05, 0.1) is 0 Å². The lowest BCUT2D eigenvalue weighted by atomic mass is 10.1. The Bertz CT molecular complexity index is 374. The Morgan fingerprint density at radius 2 is 1.88 bits per heavy atom. The van der Waals surface area contributed by atoms with Gasteiger partial charge in [-0.1, -0.05) is 33.8 Å². The van der Waals surface area contributed by atoms with E-state index in [1.807, 2.05) is 13.0 Å². The lowest BCUT2D eigenvalue weighted by molar-refractivity contribution is 0.636. The second kappa shape index (κ2) is 5.76. The van der Waals surface area contributed by atoms with E-state index < -0.39 is 20.1 Å². The first-order chi connectivity index (χ1) is 7.41. The number of nitrogens with two attached hydrogens (primary N) is 1. The molecule has 0 amide bonds. The van der Waals surface area contributed by atoms with Crippen LogP contribution in [0.2, 0.25) is 0 Å². The van der Waals surface area contributed by atoms with Gasteiger partial charge in [0.1, 0.15) is 9.92 Å². The third-order valence-corrected chi connectivity index (χ3v) is 9.45. The highest BCUT2D eigenvalue weighted by Crippen LogP contribution is 2.54. The summed E-state index contributed by atoms with van der Waals surface area (Å²) in [6.45, 7) is 12.1. The molecule has 0 saturated heterocycles. The summed E-state index contributed by atoms with van der Waals surface area (Å²) in [7, 11) is -3.90. The summed E-state index contributed by atoms with van der Waals surface area (Å²) in [5, 5.41) is 5.88. The Morgan fingerprint density at radius 1 is 1.41 bits per heavy atom. The molecular weight excluding hydrogens is 252 g/mol. The van der Waals surface area contributed by atoms with Crippen molar-refractivity contribution in [1.29, 1.82) is 0 Å². The van der Waals surface area contributed by atoms with Crippen LogP contribution in [0.5, 0.6) is 0 Å². The van der Waals surface area contributed by atoms with E-state index in [4.69, 9.17) is 5.14 Å². The molecule has 0 aromatic heterocycles. The molecule has 0 heterocycles. The monoisotopic (exact) mass is 280 g/mol. The summed E-state index contributed by atoms with van der Waals surface area (Å²) in [6.07, 6.45) is 6.80. The van der Waals surface area contributed by atoms with Crippen LogP contribution in [0, 0.1) is 5.92 Å². The molecule has 0 fully saturated rings. The van der Waals surface area contributed by atoms with E-state index in [-0.39, 0.29) is 10.7 Å². The molecule has 0 bridgehead atoms. The van der Waals surface area contributed by atoms with Gasteiger partial charge in [-0.2, -0.15) is 3.77 Å². The van der Waals surface area contributed by atoms with Crippen molar-refractivity contribution in [1.82, 2.24) is 0 Å². The molecule has 0 radical (unpaired) electrons. The van der Waals surface area contributed by atoms with Crippen LogP contribution in [0.25, 0.3) is 0 Å². The number of rotatable bonds is 5. The summed E-state index contributed by atoms with van der Waals surface area (Å²) < 4.78 is 16.8. The first-order valence-corrected chi connectivity index (χ1v) is 9.94. The summed E-state index contributed by atoms with van der Waals surface area (Å²) in [6, 6.07) is 0. The van der Waals surface area contributed by atoms with Crippen molar-refractivity contribution in [3.8, 4) is 0 Å².